The summed E-state index contributed by atoms with van der Waals surface area (Å²) in [5.41, 5.74) is 6.12. The van der Waals surface area contributed by atoms with Crippen molar-refractivity contribution in [2.75, 3.05) is 0 Å². The third-order valence-electron chi connectivity index (χ3n) is 3.20. The molecule has 1 aromatic heterocycles. The molecule has 0 saturated heterocycles. The molecule has 0 radical (unpaired) electrons. The molecule has 17 heavy (non-hydrogen) atoms. The first kappa shape index (κ1) is 14.3. The molecule has 0 fully saturated rings. The third-order valence-corrected chi connectivity index (χ3v) is 3.20. The Morgan fingerprint density at radius 1 is 1.29 bits per heavy atom. The van der Waals surface area contributed by atoms with Crippen LogP contribution in [0.4, 0.5) is 0 Å². The van der Waals surface area contributed by atoms with E-state index in [2.05, 4.69) is 27.7 Å². The van der Waals surface area contributed by atoms with Gasteiger partial charge < -0.3 is 14.9 Å². The average molecular weight is 239 g/mol. The maximum Gasteiger partial charge on any atom is 0.134 e. The second-order valence-corrected chi connectivity index (χ2v) is 5.03. The molecular formula is C14H25NO2. The summed E-state index contributed by atoms with van der Waals surface area (Å²) < 4.78 is 11.7. The minimum absolute atomic E-state index is 0.0262. The zero-order valence-corrected chi connectivity index (χ0v) is 11.6. The van der Waals surface area contributed by atoms with E-state index in [1.165, 1.54) is 0 Å². The number of hydrogen-bond acceptors (Lipinski definition) is 3. The molecule has 2 N–H and O–H groups in total. The average Bonchev–Trinajstić information content (AvgIpc) is 2.70. The Morgan fingerprint density at radius 3 is 2.35 bits per heavy atom. The van der Waals surface area contributed by atoms with E-state index < -0.39 is 0 Å². The van der Waals surface area contributed by atoms with Gasteiger partial charge in [0.25, 0.3) is 0 Å². The van der Waals surface area contributed by atoms with Crippen molar-refractivity contribution in [3.8, 4) is 0 Å². The highest BCUT2D eigenvalue weighted by atomic mass is 16.5. The lowest BCUT2D eigenvalue weighted by Gasteiger charge is -2.27. The van der Waals surface area contributed by atoms with E-state index >= 15 is 0 Å². The van der Waals surface area contributed by atoms with Crippen LogP contribution in [0.3, 0.4) is 0 Å². The van der Waals surface area contributed by atoms with Crippen LogP contribution in [0, 0.1) is 12.8 Å². The van der Waals surface area contributed by atoms with Crippen molar-refractivity contribution in [1.29, 1.82) is 0 Å². The maximum absolute atomic E-state index is 6.12. The van der Waals surface area contributed by atoms with Crippen LogP contribution in [-0.2, 0) is 4.74 Å². The fourth-order valence-corrected chi connectivity index (χ4v) is 1.59. The topological polar surface area (TPSA) is 48.4 Å². The predicted molar refractivity (Wildman–Crippen MR) is 69.8 cm³/mol. The van der Waals surface area contributed by atoms with Crippen molar-refractivity contribution in [3.63, 3.8) is 0 Å². The van der Waals surface area contributed by atoms with E-state index in [0.717, 1.165) is 17.9 Å². The smallest absolute Gasteiger partial charge is 0.134 e. The van der Waals surface area contributed by atoms with Gasteiger partial charge in [-0.15, -0.1) is 0 Å². The highest BCUT2D eigenvalue weighted by Crippen LogP contribution is 2.27. The molecule has 0 spiro atoms. The van der Waals surface area contributed by atoms with Crippen molar-refractivity contribution >= 4 is 0 Å². The summed E-state index contributed by atoms with van der Waals surface area (Å²) in [6.07, 6.45) is 0.893. The van der Waals surface area contributed by atoms with Gasteiger partial charge in [0.1, 0.15) is 17.6 Å². The van der Waals surface area contributed by atoms with Gasteiger partial charge in [0, 0.05) is 6.04 Å². The first-order valence-electron chi connectivity index (χ1n) is 6.43. The highest BCUT2D eigenvalue weighted by molar-refractivity contribution is 5.10. The predicted octanol–water partition coefficient (Wildman–Crippen LogP) is 3.43. The molecule has 0 aromatic carbocycles. The Morgan fingerprint density at radius 2 is 1.94 bits per heavy atom. The molecule has 0 aliphatic carbocycles. The number of ether oxygens (including phenoxy) is 1. The normalized spacial score (nSPS) is 17.1. The van der Waals surface area contributed by atoms with Crippen LogP contribution < -0.4 is 5.73 Å². The van der Waals surface area contributed by atoms with Gasteiger partial charge in [0.05, 0.1) is 6.10 Å². The van der Waals surface area contributed by atoms with Gasteiger partial charge >= 0.3 is 0 Å². The second kappa shape index (κ2) is 6.22. The summed E-state index contributed by atoms with van der Waals surface area (Å²) in [7, 11) is 0. The number of nitrogens with two attached hydrogens (primary N) is 1. The van der Waals surface area contributed by atoms with Gasteiger partial charge in [-0.2, -0.15) is 0 Å². The Hall–Kier alpha value is -0.800. The van der Waals surface area contributed by atoms with Gasteiger partial charge in [-0.05, 0) is 38.3 Å². The zero-order valence-electron chi connectivity index (χ0n) is 11.6. The molecule has 1 aromatic rings. The molecule has 0 aliphatic heterocycles. The summed E-state index contributed by atoms with van der Waals surface area (Å²) in [6.45, 7) is 10.4. The summed E-state index contributed by atoms with van der Waals surface area (Å²) in [5.74, 6) is 2.20. The van der Waals surface area contributed by atoms with E-state index in [4.69, 9.17) is 14.9 Å². The van der Waals surface area contributed by atoms with Gasteiger partial charge in [-0.3, -0.25) is 0 Å². The first-order chi connectivity index (χ1) is 7.95. The minimum atomic E-state index is -0.147. The summed E-state index contributed by atoms with van der Waals surface area (Å²) >= 11 is 0. The molecule has 3 unspecified atom stereocenters. The molecule has 3 atom stereocenters. The quantitative estimate of drug-likeness (QED) is 0.827. The number of rotatable bonds is 6. The monoisotopic (exact) mass is 239 g/mol. The van der Waals surface area contributed by atoms with Gasteiger partial charge in [-0.1, -0.05) is 20.8 Å². The third kappa shape index (κ3) is 3.86. The molecule has 3 heteroatoms. The lowest BCUT2D eigenvalue weighted by Crippen LogP contribution is -2.32. The van der Waals surface area contributed by atoms with Crippen molar-refractivity contribution in [1.82, 2.24) is 0 Å². The van der Waals surface area contributed by atoms with Crippen LogP contribution in [0.2, 0.25) is 0 Å². The van der Waals surface area contributed by atoms with Crippen LogP contribution in [0.15, 0.2) is 16.5 Å². The Bertz CT molecular complexity index is 333. The highest BCUT2D eigenvalue weighted by Gasteiger charge is 2.25. The van der Waals surface area contributed by atoms with Crippen LogP contribution in [0.5, 0.6) is 0 Å². The lowest BCUT2D eigenvalue weighted by molar-refractivity contribution is -0.0494. The van der Waals surface area contributed by atoms with E-state index in [9.17, 15) is 0 Å². The molecule has 0 saturated carbocycles. The Labute approximate surface area is 104 Å². The molecule has 0 amide bonds. The van der Waals surface area contributed by atoms with Crippen molar-refractivity contribution in [3.05, 3.63) is 23.7 Å². The van der Waals surface area contributed by atoms with E-state index in [1.807, 2.05) is 19.1 Å². The van der Waals surface area contributed by atoms with Crippen LogP contribution >= 0.6 is 0 Å². The van der Waals surface area contributed by atoms with Crippen LogP contribution in [0.25, 0.3) is 0 Å². The molecular weight excluding hydrogens is 214 g/mol. The van der Waals surface area contributed by atoms with Crippen molar-refractivity contribution in [2.45, 2.75) is 59.3 Å². The zero-order chi connectivity index (χ0) is 13.0. The fourth-order valence-electron chi connectivity index (χ4n) is 1.59. The van der Waals surface area contributed by atoms with E-state index in [-0.39, 0.29) is 18.2 Å². The van der Waals surface area contributed by atoms with Crippen molar-refractivity contribution < 1.29 is 9.15 Å². The lowest BCUT2D eigenvalue weighted by atomic mass is 10.0. The SMILES string of the molecule is CCC(N)C(OC(C)C(C)C)c1ccc(C)o1. The summed E-state index contributed by atoms with van der Waals surface area (Å²) in [6, 6.07) is 3.89. The van der Waals surface area contributed by atoms with Gasteiger partial charge in [0.2, 0.25) is 0 Å². The largest absolute Gasteiger partial charge is 0.464 e. The van der Waals surface area contributed by atoms with Gasteiger partial charge in [-0.25, -0.2) is 0 Å². The van der Waals surface area contributed by atoms with Crippen molar-refractivity contribution in [2.24, 2.45) is 11.7 Å². The number of aryl methyl sites for hydroxylation is 1. The molecule has 0 aliphatic rings. The van der Waals surface area contributed by atoms with E-state index in [0.29, 0.717) is 5.92 Å². The maximum atomic E-state index is 6.12. The summed E-state index contributed by atoms with van der Waals surface area (Å²) in [4.78, 5) is 0. The second-order valence-electron chi connectivity index (χ2n) is 5.03. The van der Waals surface area contributed by atoms with Crippen LogP contribution in [0.1, 0.15) is 51.7 Å². The molecule has 1 rings (SSSR count). The van der Waals surface area contributed by atoms with Crippen LogP contribution in [-0.4, -0.2) is 12.1 Å². The molecule has 0 bridgehead atoms. The number of furan rings is 1. The Kier molecular flexibility index (Phi) is 5.22. The Balaban J connectivity index is 2.81. The standard InChI is InChI=1S/C14H25NO2/c1-6-12(15)14(17-11(5)9(2)3)13-8-7-10(4)16-13/h7-9,11-12,14H,6,15H2,1-5H3. The fraction of sp³-hybridized carbons (Fsp3) is 0.714. The number of hydrogen-bond donors (Lipinski definition) is 1. The van der Waals surface area contributed by atoms with Gasteiger partial charge in [0.15, 0.2) is 0 Å². The minimum Gasteiger partial charge on any atom is -0.464 e. The summed E-state index contributed by atoms with van der Waals surface area (Å²) in [5, 5.41) is 0. The molecule has 1 heterocycles. The molecule has 3 nitrogen and oxygen atoms in total. The van der Waals surface area contributed by atoms with E-state index in [1.54, 1.807) is 0 Å². The molecule has 98 valence electrons. The first-order valence-corrected chi connectivity index (χ1v) is 6.43.